The van der Waals surface area contributed by atoms with E-state index in [-0.39, 0.29) is 0 Å². The Labute approximate surface area is 96.0 Å². The number of halogens is 1. The summed E-state index contributed by atoms with van der Waals surface area (Å²) in [6.45, 7) is 0. The maximum atomic E-state index is 6.05. The number of H-pyrrole nitrogens is 1. The van der Waals surface area contributed by atoms with E-state index in [1.165, 1.54) is 0 Å². The fourth-order valence-electron chi connectivity index (χ4n) is 1.62. The van der Waals surface area contributed by atoms with Crippen molar-refractivity contribution in [2.75, 3.05) is 5.73 Å². The predicted molar refractivity (Wildman–Crippen MR) is 63.2 cm³/mol. The highest BCUT2D eigenvalue weighted by Gasteiger charge is 2.10. The molecule has 1 aromatic carbocycles. The number of nitrogens with zero attached hydrogens (tertiary/aromatic N) is 1. The number of nitrogens with two attached hydrogens (primary N) is 1. The summed E-state index contributed by atoms with van der Waals surface area (Å²) in [5.41, 5.74) is 7.02. The van der Waals surface area contributed by atoms with Gasteiger partial charge < -0.3 is 10.2 Å². The quantitative estimate of drug-likeness (QED) is 0.679. The molecule has 3 rings (SSSR count). The minimum absolute atomic E-state index is 0.432. The van der Waals surface area contributed by atoms with Crippen molar-refractivity contribution in [3.05, 3.63) is 35.4 Å². The molecule has 0 saturated heterocycles. The lowest BCUT2D eigenvalue weighted by atomic mass is 10.2. The topological polar surface area (TPSA) is 67.8 Å². The zero-order valence-electron chi connectivity index (χ0n) is 8.20. The average molecular weight is 234 g/mol. The van der Waals surface area contributed by atoms with Gasteiger partial charge in [-0.05, 0) is 18.2 Å². The zero-order chi connectivity index (χ0) is 11.1. The van der Waals surface area contributed by atoms with E-state index < -0.39 is 0 Å². The van der Waals surface area contributed by atoms with Crippen LogP contribution in [0.2, 0.25) is 5.02 Å². The van der Waals surface area contributed by atoms with Gasteiger partial charge in [0.25, 0.3) is 0 Å². The Morgan fingerprint density at radius 3 is 2.88 bits per heavy atom. The molecule has 0 bridgehead atoms. The SMILES string of the molecule is Nc1cc(-c2cc3c(Cl)cccc3o2)[nH]n1. The van der Waals surface area contributed by atoms with Crippen molar-refractivity contribution >= 4 is 28.4 Å². The molecule has 0 unspecified atom stereocenters. The molecule has 0 spiro atoms. The number of hydrogen-bond acceptors (Lipinski definition) is 3. The molecule has 0 amide bonds. The lowest BCUT2D eigenvalue weighted by Crippen LogP contribution is -1.81. The van der Waals surface area contributed by atoms with Gasteiger partial charge in [0.15, 0.2) is 5.76 Å². The van der Waals surface area contributed by atoms with E-state index in [0.717, 1.165) is 16.7 Å². The normalized spacial score (nSPS) is 11.1. The Bertz CT molecular complexity index is 656. The van der Waals surface area contributed by atoms with Crippen molar-refractivity contribution in [2.45, 2.75) is 0 Å². The molecule has 0 aliphatic carbocycles. The number of rotatable bonds is 1. The summed E-state index contributed by atoms with van der Waals surface area (Å²) >= 11 is 6.05. The van der Waals surface area contributed by atoms with Gasteiger partial charge >= 0.3 is 0 Å². The maximum Gasteiger partial charge on any atom is 0.153 e. The fourth-order valence-corrected chi connectivity index (χ4v) is 1.84. The van der Waals surface area contributed by atoms with Crippen LogP contribution in [0.3, 0.4) is 0 Å². The fraction of sp³-hybridized carbons (Fsp3) is 0. The van der Waals surface area contributed by atoms with E-state index in [1.54, 1.807) is 6.07 Å². The van der Waals surface area contributed by atoms with Crippen molar-refractivity contribution in [3.8, 4) is 11.5 Å². The second-order valence-electron chi connectivity index (χ2n) is 3.47. The first-order chi connectivity index (χ1) is 7.74. The van der Waals surface area contributed by atoms with Crippen LogP contribution in [0.15, 0.2) is 34.7 Å². The smallest absolute Gasteiger partial charge is 0.153 e. The van der Waals surface area contributed by atoms with Gasteiger partial charge in [-0.25, -0.2) is 0 Å². The van der Waals surface area contributed by atoms with Crippen LogP contribution >= 0.6 is 11.6 Å². The average Bonchev–Trinajstić information content (AvgIpc) is 2.84. The third-order valence-corrected chi connectivity index (χ3v) is 2.70. The number of hydrogen-bond donors (Lipinski definition) is 2. The first-order valence-corrected chi connectivity index (χ1v) is 5.11. The van der Waals surface area contributed by atoms with Gasteiger partial charge in [-0.1, -0.05) is 17.7 Å². The molecule has 80 valence electrons. The number of anilines is 1. The van der Waals surface area contributed by atoms with Crippen molar-refractivity contribution in [1.29, 1.82) is 0 Å². The second-order valence-corrected chi connectivity index (χ2v) is 3.88. The van der Waals surface area contributed by atoms with E-state index in [1.807, 2.05) is 24.3 Å². The number of aromatic nitrogens is 2. The summed E-state index contributed by atoms with van der Waals surface area (Å²) in [6.07, 6.45) is 0. The molecule has 0 atom stereocenters. The number of nitrogens with one attached hydrogen (secondary N) is 1. The van der Waals surface area contributed by atoms with Gasteiger partial charge in [-0.15, -0.1) is 0 Å². The van der Waals surface area contributed by atoms with Crippen molar-refractivity contribution in [1.82, 2.24) is 10.2 Å². The zero-order valence-corrected chi connectivity index (χ0v) is 8.95. The van der Waals surface area contributed by atoms with Gasteiger partial charge in [0.2, 0.25) is 0 Å². The molecular formula is C11H8ClN3O. The van der Waals surface area contributed by atoms with E-state index in [4.69, 9.17) is 21.8 Å². The summed E-state index contributed by atoms with van der Waals surface area (Å²) in [4.78, 5) is 0. The molecule has 0 saturated carbocycles. The third-order valence-electron chi connectivity index (χ3n) is 2.37. The summed E-state index contributed by atoms with van der Waals surface area (Å²) in [5.74, 6) is 1.11. The van der Waals surface area contributed by atoms with Crippen LogP contribution in [0.5, 0.6) is 0 Å². The number of furan rings is 1. The molecule has 4 nitrogen and oxygen atoms in total. The van der Waals surface area contributed by atoms with Gasteiger partial charge in [-0.2, -0.15) is 5.10 Å². The molecule has 5 heteroatoms. The molecule has 2 aromatic heterocycles. The minimum Gasteiger partial charge on any atom is -0.454 e. The van der Waals surface area contributed by atoms with Crippen molar-refractivity contribution in [2.24, 2.45) is 0 Å². The molecule has 0 radical (unpaired) electrons. The number of aromatic amines is 1. The minimum atomic E-state index is 0.432. The molecule has 0 aliphatic rings. The molecule has 0 aliphatic heterocycles. The maximum absolute atomic E-state index is 6.05. The Morgan fingerprint density at radius 1 is 1.31 bits per heavy atom. The molecule has 16 heavy (non-hydrogen) atoms. The van der Waals surface area contributed by atoms with Crippen LogP contribution in [0.1, 0.15) is 0 Å². The lowest BCUT2D eigenvalue weighted by molar-refractivity contribution is 0.628. The van der Waals surface area contributed by atoms with Crippen LogP contribution in [-0.2, 0) is 0 Å². The van der Waals surface area contributed by atoms with Crippen molar-refractivity contribution < 1.29 is 4.42 Å². The second kappa shape index (κ2) is 3.28. The molecular weight excluding hydrogens is 226 g/mol. The Balaban J connectivity index is 2.22. The van der Waals surface area contributed by atoms with Crippen molar-refractivity contribution in [3.63, 3.8) is 0 Å². The Morgan fingerprint density at radius 2 is 2.19 bits per heavy atom. The van der Waals surface area contributed by atoms with Gasteiger partial charge in [-0.3, -0.25) is 5.10 Å². The monoisotopic (exact) mass is 233 g/mol. The van der Waals surface area contributed by atoms with E-state index >= 15 is 0 Å². The van der Waals surface area contributed by atoms with Gasteiger partial charge in [0.1, 0.15) is 17.1 Å². The van der Waals surface area contributed by atoms with E-state index in [0.29, 0.717) is 16.6 Å². The lowest BCUT2D eigenvalue weighted by Gasteiger charge is -1.88. The molecule has 3 aromatic rings. The van der Waals surface area contributed by atoms with Crippen LogP contribution in [-0.4, -0.2) is 10.2 Å². The molecule has 3 N–H and O–H groups in total. The summed E-state index contributed by atoms with van der Waals surface area (Å²) in [5, 5.41) is 8.18. The molecule has 0 fully saturated rings. The highest BCUT2D eigenvalue weighted by atomic mass is 35.5. The highest BCUT2D eigenvalue weighted by Crippen LogP contribution is 2.31. The van der Waals surface area contributed by atoms with Gasteiger partial charge in [0, 0.05) is 11.5 Å². The van der Waals surface area contributed by atoms with Crippen LogP contribution < -0.4 is 5.73 Å². The Kier molecular flexibility index (Phi) is 1.91. The largest absolute Gasteiger partial charge is 0.454 e. The highest BCUT2D eigenvalue weighted by molar-refractivity contribution is 6.35. The number of nitrogen functional groups attached to an aromatic ring is 1. The predicted octanol–water partition coefficient (Wildman–Crippen LogP) is 3.06. The number of fused-ring (bicyclic) bond motifs is 1. The van der Waals surface area contributed by atoms with Crippen LogP contribution in [0.4, 0.5) is 5.82 Å². The number of benzene rings is 1. The Hall–Kier alpha value is -1.94. The first kappa shape index (κ1) is 9.30. The third kappa shape index (κ3) is 1.35. The summed E-state index contributed by atoms with van der Waals surface area (Å²) in [7, 11) is 0. The van der Waals surface area contributed by atoms with Crippen LogP contribution in [0, 0.1) is 0 Å². The standard InChI is InChI=1S/C11H8ClN3O/c12-7-2-1-3-9-6(7)4-10(16-9)8-5-11(13)15-14-8/h1-5H,(H3,13,14,15). The van der Waals surface area contributed by atoms with Crippen LogP contribution in [0.25, 0.3) is 22.4 Å². The van der Waals surface area contributed by atoms with E-state index in [2.05, 4.69) is 10.2 Å². The molecule has 2 heterocycles. The first-order valence-electron chi connectivity index (χ1n) is 4.73. The van der Waals surface area contributed by atoms with Gasteiger partial charge in [0.05, 0.1) is 5.02 Å². The summed E-state index contributed by atoms with van der Waals surface area (Å²) in [6, 6.07) is 9.12. The summed E-state index contributed by atoms with van der Waals surface area (Å²) < 4.78 is 5.64. The van der Waals surface area contributed by atoms with E-state index in [9.17, 15) is 0 Å².